The van der Waals surface area contributed by atoms with Gasteiger partial charge in [-0.2, -0.15) is 0 Å². The van der Waals surface area contributed by atoms with Crippen LogP contribution in [0.5, 0.6) is 0 Å². The molecule has 1 saturated heterocycles. The number of aliphatic hydroxyl groups excluding tert-OH is 2. The van der Waals surface area contributed by atoms with E-state index in [4.69, 9.17) is 9.72 Å². The van der Waals surface area contributed by atoms with Gasteiger partial charge in [0.25, 0.3) is 0 Å². The molecule has 4 N–H and O–H groups in total. The molecule has 5 unspecified atom stereocenters. The number of morpholine rings is 1. The van der Waals surface area contributed by atoms with Crippen LogP contribution in [0, 0.1) is 16.7 Å². The van der Waals surface area contributed by atoms with E-state index in [1.165, 1.54) is 4.88 Å². The van der Waals surface area contributed by atoms with E-state index in [2.05, 4.69) is 29.4 Å². The number of hydrogen-bond acceptors (Lipinski definition) is 8. The maximum absolute atomic E-state index is 13.2. The second-order valence-electron chi connectivity index (χ2n) is 11.1. The van der Waals surface area contributed by atoms with Crippen molar-refractivity contribution in [1.29, 1.82) is 0 Å². The summed E-state index contributed by atoms with van der Waals surface area (Å²) in [5.74, 6) is 0.115. The quantitative estimate of drug-likeness (QED) is 0.360. The highest BCUT2D eigenvalue weighted by atomic mass is 32.1. The van der Waals surface area contributed by atoms with Gasteiger partial charge in [0.2, 0.25) is 5.91 Å². The standard InChI is InChI=1S/C26H44N4O4S/c1-4-5-8-28-24-29-23-18(15-22(33)27-9-10-30-11-13-34-14-12-30)25(2)7-6-21(32)26(3,17-31)20(25)16-19(23)35-24/h18,20-21,31-32H,4-17H2,1-3H3,(H,27,33)(H,28,29). The Bertz CT molecular complexity index is 860. The third-order valence-corrected chi connectivity index (χ3v) is 9.99. The maximum Gasteiger partial charge on any atom is 0.220 e. The van der Waals surface area contributed by atoms with E-state index in [0.29, 0.717) is 19.4 Å². The van der Waals surface area contributed by atoms with E-state index < -0.39 is 11.5 Å². The Morgan fingerprint density at radius 2 is 2.06 bits per heavy atom. The van der Waals surface area contributed by atoms with Crippen molar-refractivity contribution in [2.45, 2.75) is 71.3 Å². The van der Waals surface area contributed by atoms with Crippen molar-refractivity contribution in [1.82, 2.24) is 15.2 Å². The first-order valence-electron chi connectivity index (χ1n) is 13.4. The monoisotopic (exact) mass is 508 g/mol. The van der Waals surface area contributed by atoms with E-state index in [1.807, 2.05) is 6.92 Å². The van der Waals surface area contributed by atoms with Crippen LogP contribution >= 0.6 is 11.3 Å². The third-order valence-electron chi connectivity index (χ3n) is 8.94. The number of anilines is 1. The first-order chi connectivity index (χ1) is 16.8. The van der Waals surface area contributed by atoms with Gasteiger partial charge in [-0.25, -0.2) is 4.98 Å². The number of fused-ring (bicyclic) bond motifs is 2. The Labute approximate surface area is 213 Å². The van der Waals surface area contributed by atoms with Crippen molar-refractivity contribution >= 4 is 22.4 Å². The Hall–Kier alpha value is -1.26. The van der Waals surface area contributed by atoms with Gasteiger partial charge in [0, 0.05) is 55.4 Å². The van der Waals surface area contributed by atoms with Gasteiger partial charge in [-0.3, -0.25) is 9.69 Å². The number of aromatic nitrogens is 1. The van der Waals surface area contributed by atoms with Crippen molar-refractivity contribution in [3.8, 4) is 0 Å². The van der Waals surface area contributed by atoms with Gasteiger partial charge in [0.05, 0.1) is 31.6 Å². The van der Waals surface area contributed by atoms with E-state index in [0.717, 1.165) is 75.9 Å². The molecular formula is C26H44N4O4S. The fourth-order valence-corrected chi connectivity index (χ4v) is 7.62. The number of nitrogens with zero attached hydrogens (tertiary/aromatic N) is 2. The largest absolute Gasteiger partial charge is 0.396 e. The summed E-state index contributed by atoms with van der Waals surface area (Å²) in [5, 5.41) is 28.9. The predicted octanol–water partition coefficient (Wildman–Crippen LogP) is 2.61. The predicted molar refractivity (Wildman–Crippen MR) is 139 cm³/mol. The molecule has 0 radical (unpaired) electrons. The average Bonchev–Trinajstić information content (AvgIpc) is 3.26. The van der Waals surface area contributed by atoms with Crippen LogP contribution in [-0.2, 0) is 16.0 Å². The Morgan fingerprint density at radius 3 is 2.77 bits per heavy atom. The fraction of sp³-hybridized carbons (Fsp3) is 0.846. The first kappa shape index (κ1) is 26.8. The molecule has 1 amide bonds. The van der Waals surface area contributed by atoms with Gasteiger partial charge in [-0.05, 0) is 37.0 Å². The summed E-state index contributed by atoms with van der Waals surface area (Å²) in [7, 11) is 0. The number of carbonyl (C=O) groups is 1. The van der Waals surface area contributed by atoms with E-state index in [-0.39, 0.29) is 29.8 Å². The zero-order chi connectivity index (χ0) is 25.1. The minimum atomic E-state index is -0.588. The minimum Gasteiger partial charge on any atom is -0.396 e. The third kappa shape index (κ3) is 5.54. The lowest BCUT2D eigenvalue weighted by Gasteiger charge is -2.58. The molecule has 8 nitrogen and oxygen atoms in total. The van der Waals surface area contributed by atoms with E-state index in [9.17, 15) is 15.0 Å². The fourth-order valence-electron chi connectivity index (χ4n) is 6.53. The van der Waals surface area contributed by atoms with Crippen LogP contribution in [0.15, 0.2) is 0 Å². The van der Waals surface area contributed by atoms with Crippen LogP contribution in [0.4, 0.5) is 5.13 Å². The van der Waals surface area contributed by atoms with Crippen molar-refractivity contribution in [2.24, 2.45) is 16.7 Å². The number of aliphatic hydroxyl groups is 2. The Balaban J connectivity index is 1.53. The maximum atomic E-state index is 13.2. The summed E-state index contributed by atoms with van der Waals surface area (Å²) in [6, 6.07) is 0. The molecule has 35 heavy (non-hydrogen) atoms. The highest BCUT2D eigenvalue weighted by Crippen LogP contribution is 2.62. The summed E-state index contributed by atoms with van der Waals surface area (Å²) in [6.45, 7) is 12.1. The normalized spacial score (nSPS) is 33.1. The molecule has 2 heterocycles. The van der Waals surface area contributed by atoms with E-state index in [1.54, 1.807) is 11.3 Å². The van der Waals surface area contributed by atoms with Gasteiger partial charge in [0.15, 0.2) is 5.13 Å². The number of unbranched alkanes of at least 4 members (excludes halogenated alkanes) is 1. The molecule has 198 valence electrons. The topological polar surface area (TPSA) is 107 Å². The zero-order valence-corrected chi connectivity index (χ0v) is 22.5. The Kier molecular flexibility index (Phi) is 8.74. The zero-order valence-electron chi connectivity index (χ0n) is 21.6. The number of hydrogen-bond donors (Lipinski definition) is 4. The molecule has 2 aliphatic carbocycles. The smallest absolute Gasteiger partial charge is 0.220 e. The molecule has 1 aliphatic heterocycles. The molecule has 2 fully saturated rings. The molecule has 0 aromatic carbocycles. The van der Waals surface area contributed by atoms with Gasteiger partial charge in [-0.1, -0.05) is 27.2 Å². The van der Waals surface area contributed by atoms with Crippen LogP contribution in [0.25, 0.3) is 0 Å². The average molecular weight is 509 g/mol. The lowest BCUT2D eigenvalue weighted by molar-refractivity contribution is -0.144. The number of thiazole rings is 1. The van der Waals surface area contributed by atoms with Crippen molar-refractivity contribution in [3.63, 3.8) is 0 Å². The van der Waals surface area contributed by atoms with Crippen molar-refractivity contribution in [2.75, 3.05) is 57.9 Å². The summed E-state index contributed by atoms with van der Waals surface area (Å²) >= 11 is 1.68. The molecule has 0 bridgehead atoms. The van der Waals surface area contributed by atoms with Crippen molar-refractivity contribution < 1.29 is 19.7 Å². The minimum absolute atomic E-state index is 0.0315. The number of rotatable bonds is 10. The SMILES string of the molecule is CCCCNc1nc2c(s1)CC1C(C)(CO)C(O)CCC1(C)C2CC(=O)NCCN1CCOCC1. The van der Waals surface area contributed by atoms with Gasteiger partial charge < -0.3 is 25.6 Å². The number of carbonyl (C=O) groups excluding carboxylic acids is 1. The molecule has 1 aromatic heterocycles. The molecule has 5 atom stereocenters. The molecule has 4 rings (SSSR count). The number of amides is 1. The molecule has 1 aromatic rings. The van der Waals surface area contributed by atoms with Crippen LogP contribution in [0.3, 0.4) is 0 Å². The second-order valence-corrected chi connectivity index (χ2v) is 12.2. The van der Waals surface area contributed by atoms with E-state index >= 15 is 0 Å². The lowest BCUT2D eigenvalue weighted by atomic mass is 9.47. The molecule has 3 aliphatic rings. The highest BCUT2D eigenvalue weighted by Gasteiger charge is 2.59. The number of ether oxygens (including phenoxy) is 1. The van der Waals surface area contributed by atoms with Gasteiger partial charge >= 0.3 is 0 Å². The molecule has 0 spiro atoms. The lowest BCUT2D eigenvalue weighted by Crippen LogP contribution is -2.57. The van der Waals surface area contributed by atoms with Gasteiger partial charge in [0.1, 0.15) is 0 Å². The Morgan fingerprint density at radius 1 is 1.29 bits per heavy atom. The van der Waals surface area contributed by atoms with Crippen molar-refractivity contribution in [3.05, 3.63) is 10.6 Å². The number of nitrogens with one attached hydrogen (secondary N) is 2. The van der Waals surface area contributed by atoms with Crippen LogP contribution in [-0.4, -0.2) is 84.7 Å². The molecule has 9 heteroatoms. The summed E-state index contributed by atoms with van der Waals surface area (Å²) in [5.41, 5.74) is 0.253. The molecular weight excluding hydrogens is 464 g/mol. The van der Waals surface area contributed by atoms with Crippen LogP contribution in [0.2, 0.25) is 0 Å². The highest BCUT2D eigenvalue weighted by molar-refractivity contribution is 7.15. The van der Waals surface area contributed by atoms with Crippen LogP contribution < -0.4 is 10.6 Å². The summed E-state index contributed by atoms with van der Waals surface area (Å²) < 4.78 is 5.41. The van der Waals surface area contributed by atoms with Gasteiger partial charge in [-0.15, -0.1) is 11.3 Å². The van der Waals surface area contributed by atoms with Crippen LogP contribution in [0.1, 0.15) is 69.4 Å². The summed E-state index contributed by atoms with van der Waals surface area (Å²) in [6.07, 6.45) is 4.33. The molecule has 1 saturated carbocycles. The summed E-state index contributed by atoms with van der Waals surface area (Å²) in [4.78, 5) is 21.7. The first-order valence-corrected chi connectivity index (χ1v) is 14.2. The second kappa shape index (κ2) is 11.4.